The molecular weight excluding hydrogens is 393 g/mol. The number of rotatable bonds is 2. The number of anilines is 2. The molecule has 5 nitrogen and oxygen atoms in total. The number of pyridine rings is 1. The number of amides is 2. The summed E-state index contributed by atoms with van der Waals surface area (Å²) in [6.45, 7) is 4.71. The molecule has 9 heteroatoms. The Kier molecular flexibility index (Phi) is 5.69. The second-order valence-electron chi connectivity index (χ2n) is 6.75. The lowest BCUT2D eigenvalue weighted by Crippen LogP contribution is -2.55. The van der Waals surface area contributed by atoms with Crippen molar-refractivity contribution >= 4 is 29.1 Å². The van der Waals surface area contributed by atoms with Crippen molar-refractivity contribution in [1.29, 1.82) is 0 Å². The Labute approximate surface area is 166 Å². The van der Waals surface area contributed by atoms with E-state index in [0.717, 1.165) is 6.07 Å². The Morgan fingerprint density at radius 1 is 1.29 bits per heavy atom. The summed E-state index contributed by atoms with van der Waals surface area (Å²) in [5, 5.41) is 3.11. The average Bonchev–Trinajstić information content (AvgIpc) is 2.62. The smallest absolute Gasteiger partial charge is 0.352 e. The summed E-state index contributed by atoms with van der Waals surface area (Å²) in [6.07, 6.45) is -2.81. The summed E-state index contributed by atoms with van der Waals surface area (Å²) in [4.78, 5) is 20.5. The van der Waals surface area contributed by atoms with Crippen LogP contribution in [0.25, 0.3) is 0 Å². The molecule has 1 atom stereocenters. The molecule has 150 valence electrons. The van der Waals surface area contributed by atoms with E-state index >= 15 is 0 Å². The molecule has 0 unspecified atom stereocenters. The molecule has 0 aliphatic carbocycles. The molecule has 1 N–H and O–H groups in total. The van der Waals surface area contributed by atoms with Gasteiger partial charge in [0.15, 0.2) is 0 Å². The number of alkyl halides is 3. The lowest BCUT2D eigenvalue weighted by molar-refractivity contribution is -0.138. The van der Waals surface area contributed by atoms with Gasteiger partial charge in [-0.1, -0.05) is 17.7 Å². The zero-order valence-corrected chi connectivity index (χ0v) is 16.2. The van der Waals surface area contributed by atoms with Crippen molar-refractivity contribution in [3.8, 4) is 0 Å². The molecule has 2 amide bonds. The number of nitrogens with zero attached hydrogens (tertiary/aromatic N) is 3. The second-order valence-corrected chi connectivity index (χ2v) is 7.16. The van der Waals surface area contributed by atoms with Crippen LogP contribution in [0.3, 0.4) is 0 Å². The number of halogens is 4. The van der Waals surface area contributed by atoms with E-state index in [1.165, 1.54) is 19.1 Å². The van der Waals surface area contributed by atoms with Crippen LogP contribution in [-0.2, 0) is 6.18 Å². The first-order valence-electron chi connectivity index (χ1n) is 8.77. The quantitative estimate of drug-likeness (QED) is 0.770. The van der Waals surface area contributed by atoms with Crippen molar-refractivity contribution < 1.29 is 18.0 Å². The van der Waals surface area contributed by atoms with Crippen LogP contribution in [0.2, 0.25) is 5.02 Å². The van der Waals surface area contributed by atoms with Crippen LogP contribution in [0.1, 0.15) is 18.1 Å². The Balaban J connectivity index is 1.69. The molecule has 2 aromatic rings. The van der Waals surface area contributed by atoms with E-state index in [1.54, 1.807) is 23.2 Å². The van der Waals surface area contributed by atoms with Gasteiger partial charge in [-0.15, -0.1) is 0 Å². The van der Waals surface area contributed by atoms with Gasteiger partial charge < -0.3 is 15.1 Å². The third kappa shape index (κ3) is 4.32. The number of carbonyl (C=O) groups excluding carboxylic acids is 1. The molecule has 1 aromatic heterocycles. The van der Waals surface area contributed by atoms with Crippen molar-refractivity contribution in [2.24, 2.45) is 0 Å². The number of urea groups is 1. The molecule has 1 aliphatic heterocycles. The predicted octanol–water partition coefficient (Wildman–Crippen LogP) is 4.80. The summed E-state index contributed by atoms with van der Waals surface area (Å²) < 4.78 is 39.2. The zero-order chi connectivity index (χ0) is 20.5. The van der Waals surface area contributed by atoms with Gasteiger partial charge in [0.2, 0.25) is 0 Å². The molecule has 3 rings (SSSR count). The Hall–Kier alpha value is -2.48. The average molecular weight is 413 g/mol. The maximum absolute atomic E-state index is 13.1. The van der Waals surface area contributed by atoms with E-state index in [1.807, 2.05) is 11.8 Å². The van der Waals surface area contributed by atoms with Gasteiger partial charge in [0.05, 0.1) is 10.6 Å². The first kappa shape index (κ1) is 20.3. The van der Waals surface area contributed by atoms with Crippen LogP contribution in [0.15, 0.2) is 36.5 Å². The van der Waals surface area contributed by atoms with Crippen LogP contribution in [0.5, 0.6) is 0 Å². The van der Waals surface area contributed by atoms with Crippen LogP contribution >= 0.6 is 11.6 Å². The van der Waals surface area contributed by atoms with Gasteiger partial charge in [-0.05, 0) is 43.7 Å². The molecule has 2 heterocycles. The first-order valence-corrected chi connectivity index (χ1v) is 9.15. The molecule has 28 heavy (non-hydrogen) atoms. The molecule has 0 bridgehead atoms. The number of nitrogens with one attached hydrogen (secondary N) is 1. The number of hydrogen-bond donors (Lipinski definition) is 1. The molecule has 0 radical (unpaired) electrons. The topological polar surface area (TPSA) is 48.5 Å². The predicted molar refractivity (Wildman–Crippen MR) is 103 cm³/mol. The SMILES string of the molecule is Cc1ccc(NC(=O)N2CCN(c3ncccc3Cl)C[C@H]2C)cc1C(F)(F)F. The fraction of sp³-hybridized carbons (Fsp3) is 0.368. The van der Waals surface area contributed by atoms with Gasteiger partial charge in [-0.25, -0.2) is 9.78 Å². The van der Waals surface area contributed by atoms with Gasteiger partial charge in [-0.2, -0.15) is 13.2 Å². The van der Waals surface area contributed by atoms with E-state index in [4.69, 9.17) is 11.6 Å². The van der Waals surface area contributed by atoms with E-state index in [2.05, 4.69) is 10.3 Å². The van der Waals surface area contributed by atoms with E-state index < -0.39 is 17.8 Å². The fourth-order valence-corrected chi connectivity index (χ4v) is 3.50. The molecule has 1 saturated heterocycles. The minimum absolute atomic E-state index is 0.111. The summed E-state index contributed by atoms with van der Waals surface area (Å²) in [6, 6.07) is 6.68. The zero-order valence-electron chi connectivity index (χ0n) is 15.4. The maximum atomic E-state index is 13.1. The summed E-state index contributed by atoms with van der Waals surface area (Å²) in [7, 11) is 0. The minimum Gasteiger partial charge on any atom is -0.352 e. The normalized spacial score (nSPS) is 17.6. The number of piperazine rings is 1. The Morgan fingerprint density at radius 2 is 2.04 bits per heavy atom. The largest absolute Gasteiger partial charge is 0.416 e. The van der Waals surface area contributed by atoms with Crippen LogP contribution in [0, 0.1) is 6.92 Å². The van der Waals surface area contributed by atoms with Gasteiger partial charge >= 0.3 is 12.2 Å². The number of aromatic nitrogens is 1. The molecule has 0 saturated carbocycles. The van der Waals surface area contributed by atoms with Gasteiger partial charge in [0, 0.05) is 37.6 Å². The van der Waals surface area contributed by atoms with Gasteiger partial charge in [0.25, 0.3) is 0 Å². The highest BCUT2D eigenvalue weighted by atomic mass is 35.5. The Bertz CT molecular complexity index is 874. The number of aryl methyl sites for hydroxylation is 1. The molecule has 0 spiro atoms. The van der Waals surface area contributed by atoms with Crippen LogP contribution in [0.4, 0.5) is 29.5 Å². The van der Waals surface area contributed by atoms with Crippen molar-refractivity contribution in [2.75, 3.05) is 29.9 Å². The highest BCUT2D eigenvalue weighted by molar-refractivity contribution is 6.32. The number of hydrogen-bond acceptors (Lipinski definition) is 3. The number of carbonyl (C=O) groups is 1. The summed E-state index contributed by atoms with van der Waals surface area (Å²) in [5.74, 6) is 0.657. The highest BCUT2D eigenvalue weighted by Crippen LogP contribution is 2.33. The standard InChI is InChI=1S/C19H20ClF3N4O/c1-12-5-6-14(10-15(12)19(21,22)23)25-18(28)27-9-8-26(11-13(27)2)17-16(20)4-3-7-24-17/h3-7,10,13H,8-9,11H2,1-2H3,(H,25,28)/t13-/m1/s1. The van der Waals surface area contributed by atoms with E-state index in [-0.39, 0.29) is 17.3 Å². The van der Waals surface area contributed by atoms with Crippen LogP contribution in [-0.4, -0.2) is 41.6 Å². The molecule has 1 aromatic carbocycles. The lowest BCUT2D eigenvalue weighted by Gasteiger charge is -2.40. The van der Waals surface area contributed by atoms with Crippen molar-refractivity contribution in [3.05, 3.63) is 52.7 Å². The summed E-state index contributed by atoms with van der Waals surface area (Å²) >= 11 is 6.19. The minimum atomic E-state index is -4.47. The molecule has 1 fully saturated rings. The fourth-order valence-electron chi connectivity index (χ4n) is 3.26. The lowest BCUT2D eigenvalue weighted by atomic mass is 10.1. The molecule has 1 aliphatic rings. The van der Waals surface area contributed by atoms with E-state index in [0.29, 0.717) is 30.5 Å². The maximum Gasteiger partial charge on any atom is 0.416 e. The second kappa shape index (κ2) is 7.87. The van der Waals surface area contributed by atoms with Gasteiger partial charge in [0.1, 0.15) is 5.82 Å². The third-order valence-corrected chi connectivity index (χ3v) is 5.02. The van der Waals surface area contributed by atoms with Crippen LogP contribution < -0.4 is 10.2 Å². The molecular formula is C19H20ClF3N4O. The number of benzene rings is 1. The highest BCUT2D eigenvalue weighted by Gasteiger charge is 2.33. The van der Waals surface area contributed by atoms with Gasteiger partial charge in [-0.3, -0.25) is 0 Å². The first-order chi connectivity index (χ1) is 13.2. The van der Waals surface area contributed by atoms with Crippen molar-refractivity contribution in [1.82, 2.24) is 9.88 Å². The third-order valence-electron chi connectivity index (χ3n) is 4.72. The van der Waals surface area contributed by atoms with E-state index in [9.17, 15) is 18.0 Å². The Morgan fingerprint density at radius 3 is 2.68 bits per heavy atom. The van der Waals surface area contributed by atoms with Crippen molar-refractivity contribution in [2.45, 2.75) is 26.1 Å². The summed E-state index contributed by atoms with van der Waals surface area (Å²) in [5.41, 5.74) is -0.530. The monoisotopic (exact) mass is 412 g/mol. The van der Waals surface area contributed by atoms with Crippen molar-refractivity contribution in [3.63, 3.8) is 0 Å².